The van der Waals surface area contributed by atoms with Gasteiger partial charge in [-0.25, -0.2) is 0 Å². The zero-order valence-electron chi connectivity index (χ0n) is 38.9. The summed E-state index contributed by atoms with van der Waals surface area (Å²) in [5.41, 5.74) is 0. The lowest BCUT2D eigenvalue weighted by atomic mass is 9.94. The molecule has 6 heterocycles. The van der Waals surface area contributed by atoms with Crippen molar-refractivity contribution in [2.75, 3.05) is 39.6 Å². The Morgan fingerprint density at radius 2 is 0.699 bits per heavy atom. The van der Waals surface area contributed by atoms with Crippen LogP contribution in [0.25, 0.3) is 0 Å². The Kier molecular flexibility index (Phi) is 21.3. The second kappa shape index (κ2) is 26.0. The van der Waals surface area contributed by atoms with Gasteiger partial charge in [-0.15, -0.1) is 0 Å². The summed E-state index contributed by atoms with van der Waals surface area (Å²) in [6.45, 7) is -3.62. The minimum absolute atomic E-state index is 0.716. The highest BCUT2D eigenvalue weighted by molar-refractivity contribution is 5.73. The van der Waals surface area contributed by atoms with Gasteiger partial charge in [0.25, 0.3) is 0 Å². The highest BCUT2D eigenvalue weighted by atomic mass is 16.8. The Bertz CT molecular complexity index is 1750. The SMILES string of the molecule is CC(=O)N[C@H]1[C@H](O[C@@H]2[C@@H](O)[C@H](NC(C)=O)[C@@H](O)O[C@H]2CO)O[C@H](CO)[C@@H](O[C@H]2O[C@@H](CO[C@@H]3O[C@@H](CO)[C@H](O)[C@@H](O[C@@H]4O[C@@H](CO)[C@H](O)[C@@H](O)[C@H]4O)[C@H]3O)[C@H](O)[C@@H](O[C@@H]3O[C@@H](CO)[C@H](O)[C@@H](O)[C@H]3O)[C@H]2O)[C@@H]1O. The zero-order valence-corrected chi connectivity index (χ0v) is 38.9. The molecule has 2 amide bonds. The minimum Gasteiger partial charge on any atom is -0.394 e. The van der Waals surface area contributed by atoms with Crippen molar-refractivity contribution in [2.45, 2.75) is 198 Å². The number of hydrogen-bond donors (Lipinski definition) is 20. The molecule has 0 aliphatic carbocycles. The van der Waals surface area contributed by atoms with Crippen LogP contribution in [0.2, 0.25) is 0 Å². The van der Waals surface area contributed by atoms with E-state index in [1.807, 2.05) is 0 Å². The third-order valence-electron chi connectivity index (χ3n) is 13.2. The van der Waals surface area contributed by atoms with E-state index in [-0.39, 0.29) is 0 Å². The Hall–Kier alpha value is -2.22. The lowest BCUT2D eigenvalue weighted by Gasteiger charge is -2.50. The smallest absolute Gasteiger partial charge is 0.217 e. The summed E-state index contributed by atoms with van der Waals surface area (Å²) >= 11 is 0. The average molecular weight is 1070 g/mol. The Morgan fingerprint density at radius 1 is 0.356 bits per heavy atom. The molecule has 0 aromatic rings. The molecule has 0 aromatic heterocycles. The maximum absolute atomic E-state index is 12.6. The first-order valence-corrected chi connectivity index (χ1v) is 23.1. The Morgan fingerprint density at radius 3 is 1.18 bits per heavy atom. The van der Waals surface area contributed by atoms with Gasteiger partial charge in [0.15, 0.2) is 37.7 Å². The molecule has 6 aliphatic rings. The van der Waals surface area contributed by atoms with E-state index in [1.165, 1.54) is 0 Å². The summed E-state index contributed by atoms with van der Waals surface area (Å²) in [4.78, 5) is 24.4. The van der Waals surface area contributed by atoms with Gasteiger partial charge in [0.05, 0.1) is 39.6 Å². The standard InChI is InChI=1S/C40H68N2O31/c1-9(48)41-17-23(54)31(14(6-46)64-35(17)62)70-36-18(42-10(2)49)24(55)32(15(7-47)68-36)71-40-30(61)34(73-39-28(59)26(57)20(51)12(4-44)67-39)22(53)16(69-40)8-63-37-29(60)33(21(52)13(5-45)65-37)72-38-27(58)25(56)19(50)11(3-43)66-38/h11-40,43-47,50-62H,3-8H2,1-2H3,(H,41,48)(H,42,49)/t11-,12-,13-,14-,15+,16-,17-,18+,19-,20-,21-,22-,23-,24+,25+,26+,27+,28+,29+,30+,31-,32+,33+,34+,35-,36-,37+,38-,39-,40+/m0/s1. The van der Waals surface area contributed by atoms with Crippen molar-refractivity contribution in [1.82, 2.24) is 10.6 Å². The van der Waals surface area contributed by atoms with Crippen LogP contribution >= 0.6 is 0 Å². The van der Waals surface area contributed by atoms with Crippen LogP contribution in [0.3, 0.4) is 0 Å². The fraction of sp³-hybridized carbons (Fsp3) is 0.950. The van der Waals surface area contributed by atoms with Crippen LogP contribution < -0.4 is 10.6 Å². The van der Waals surface area contributed by atoms with Crippen LogP contribution in [0.1, 0.15) is 13.8 Å². The van der Waals surface area contributed by atoms with Crippen molar-refractivity contribution in [1.29, 1.82) is 0 Å². The second-order valence-corrected chi connectivity index (χ2v) is 18.3. The van der Waals surface area contributed by atoms with Crippen molar-refractivity contribution in [2.24, 2.45) is 0 Å². The normalized spacial score (nSPS) is 49.8. The largest absolute Gasteiger partial charge is 0.394 e. The van der Waals surface area contributed by atoms with Gasteiger partial charge in [0, 0.05) is 13.8 Å². The minimum atomic E-state index is -2.27. The highest BCUT2D eigenvalue weighted by Gasteiger charge is 2.57. The molecule has 6 rings (SSSR count). The second-order valence-electron chi connectivity index (χ2n) is 18.3. The number of nitrogens with one attached hydrogen (secondary N) is 2. The Labute approximate surface area is 413 Å². The van der Waals surface area contributed by atoms with Gasteiger partial charge in [-0.3, -0.25) is 9.59 Å². The van der Waals surface area contributed by atoms with E-state index in [2.05, 4.69) is 10.6 Å². The number of aliphatic hydroxyl groups is 18. The predicted molar refractivity (Wildman–Crippen MR) is 222 cm³/mol. The third-order valence-corrected chi connectivity index (χ3v) is 13.2. The molecule has 424 valence electrons. The van der Waals surface area contributed by atoms with Gasteiger partial charge in [0.1, 0.15) is 146 Å². The highest BCUT2D eigenvalue weighted by Crippen LogP contribution is 2.36. The van der Waals surface area contributed by atoms with E-state index in [4.69, 9.17) is 52.1 Å². The Balaban J connectivity index is 1.26. The maximum atomic E-state index is 12.6. The maximum Gasteiger partial charge on any atom is 0.217 e. The third kappa shape index (κ3) is 13.0. The van der Waals surface area contributed by atoms with Gasteiger partial charge in [-0.2, -0.15) is 0 Å². The van der Waals surface area contributed by atoms with Crippen LogP contribution in [0.5, 0.6) is 0 Å². The van der Waals surface area contributed by atoms with E-state index in [9.17, 15) is 102 Å². The summed E-state index contributed by atoms with van der Waals surface area (Å²) in [6.07, 6.45) is -53.5. The molecule has 6 aliphatic heterocycles. The summed E-state index contributed by atoms with van der Waals surface area (Å²) < 4.78 is 62.5. The van der Waals surface area contributed by atoms with Gasteiger partial charge >= 0.3 is 0 Å². The van der Waals surface area contributed by atoms with Crippen molar-refractivity contribution in [3.63, 3.8) is 0 Å². The summed E-state index contributed by atoms with van der Waals surface area (Å²) in [5, 5.41) is 197. The predicted octanol–water partition coefficient (Wildman–Crippen LogP) is -13.8. The van der Waals surface area contributed by atoms with E-state index in [1.54, 1.807) is 0 Å². The number of carbonyl (C=O) groups is 2. The molecule has 73 heavy (non-hydrogen) atoms. The molecule has 0 aromatic carbocycles. The molecule has 30 atom stereocenters. The quantitative estimate of drug-likeness (QED) is 0.0606. The van der Waals surface area contributed by atoms with Crippen molar-refractivity contribution >= 4 is 11.8 Å². The first kappa shape index (κ1) is 60.0. The molecule has 6 saturated heterocycles. The summed E-state index contributed by atoms with van der Waals surface area (Å²) in [5.74, 6) is -1.55. The van der Waals surface area contributed by atoms with Crippen LogP contribution in [-0.4, -0.2) is 327 Å². The first-order valence-electron chi connectivity index (χ1n) is 23.1. The lowest BCUT2D eigenvalue weighted by molar-refractivity contribution is -0.386. The van der Waals surface area contributed by atoms with E-state index in [0.717, 1.165) is 13.8 Å². The lowest BCUT2D eigenvalue weighted by Crippen LogP contribution is -2.70. The van der Waals surface area contributed by atoms with Gasteiger partial charge in [-0.05, 0) is 0 Å². The summed E-state index contributed by atoms with van der Waals surface area (Å²) in [6, 6.07) is -3.28. The van der Waals surface area contributed by atoms with Crippen LogP contribution in [0.15, 0.2) is 0 Å². The molecular weight excluding hydrogens is 1000 g/mol. The van der Waals surface area contributed by atoms with Crippen molar-refractivity contribution in [3.8, 4) is 0 Å². The van der Waals surface area contributed by atoms with Crippen LogP contribution in [0, 0.1) is 0 Å². The van der Waals surface area contributed by atoms with Crippen LogP contribution in [-0.2, 0) is 61.7 Å². The molecule has 0 saturated carbocycles. The van der Waals surface area contributed by atoms with E-state index < -0.39 is 236 Å². The number of amides is 2. The molecule has 0 bridgehead atoms. The topological polar surface area (TPSA) is 524 Å². The fourth-order valence-electron chi connectivity index (χ4n) is 9.21. The van der Waals surface area contributed by atoms with Crippen molar-refractivity contribution < 1.29 is 154 Å². The zero-order chi connectivity index (χ0) is 53.9. The van der Waals surface area contributed by atoms with Gasteiger partial charge in [-0.1, -0.05) is 0 Å². The number of rotatable bonds is 18. The molecule has 0 radical (unpaired) electrons. The fourth-order valence-corrected chi connectivity index (χ4v) is 9.21. The monoisotopic (exact) mass is 1070 g/mol. The first-order chi connectivity index (χ1) is 34.5. The molecule has 0 spiro atoms. The van der Waals surface area contributed by atoms with E-state index >= 15 is 0 Å². The molecule has 20 N–H and O–H groups in total. The molecule has 33 heteroatoms. The number of hydrogen-bond acceptors (Lipinski definition) is 31. The number of ether oxygens (including phenoxy) is 11. The number of aliphatic hydroxyl groups excluding tert-OH is 18. The average Bonchev–Trinajstić information content (AvgIpc) is 3.35. The van der Waals surface area contributed by atoms with Gasteiger partial charge in [0.2, 0.25) is 11.8 Å². The molecule has 0 unspecified atom stereocenters. The van der Waals surface area contributed by atoms with Crippen molar-refractivity contribution in [3.05, 3.63) is 0 Å². The molecular formula is C40H68N2O31. The van der Waals surface area contributed by atoms with E-state index in [0.29, 0.717) is 0 Å². The van der Waals surface area contributed by atoms with Gasteiger partial charge < -0.3 is 155 Å². The number of carbonyl (C=O) groups excluding carboxylic acids is 2. The molecule has 33 nitrogen and oxygen atoms in total. The summed E-state index contributed by atoms with van der Waals surface area (Å²) in [7, 11) is 0. The van der Waals surface area contributed by atoms with Crippen LogP contribution in [0.4, 0.5) is 0 Å². The molecule has 6 fully saturated rings.